The van der Waals surface area contributed by atoms with E-state index in [1.807, 2.05) is 5.38 Å². The number of thiazole rings is 1. The summed E-state index contributed by atoms with van der Waals surface area (Å²) in [5, 5.41) is 3.12. The lowest BCUT2D eigenvalue weighted by atomic mass is 10.0. The van der Waals surface area contributed by atoms with Crippen LogP contribution in [0, 0.1) is 5.92 Å². The van der Waals surface area contributed by atoms with E-state index in [2.05, 4.69) is 35.4 Å². The van der Waals surface area contributed by atoms with Crippen molar-refractivity contribution in [2.75, 3.05) is 25.1 Å². The van der Waals surface area contributed by atoms with Gasteiger partial charge in [-0.3, -0.25) is 4.79 Å². The summed E-state index contributed by atoms with van der Waals surface area (Å²) >= 11 is 1.67. The predicted octanol–water partition coefficient (Wildman–Crippen LogP) is 3.51. The first-order valence-corrected chi connectivity index (χ1v) is 8.28. The fourth-order valence-corrected chi connectivity index (χ4v) is 3.02. The van der Waals surface area contributed by atoms with E-state index in [9.17, 15) is 4.79 Å². The lowest BCUT2D eigenvalue weighted by Gasteiger charge is -2.24. The SMILES string of the molecule is CCC(CC)CN(CC)c1nc(CCC(=O)OC)cs1. The highest BCUT2D eigenvalue weighted by molar-refractivity contribution is 7.13. The molecule has 20 heavy (non-hydrogen) atoms. The van der Waals surface area contributed by atoms with Crippen molar-refractivity contribution < 1.29 is 9.53 Å². The second-order valence-electron chi connectivity index (χ2n) is 4.92. The average molecular weight is 298 g/mol. The molecule has 0 atom stereocenters. The summed E-state index contributed by atoms with van der Waals surface area (Å²) in [5.41, 5.74) is 0.985. The van der Waals surface area contributed by atoms with Crippen LogP contribution >= 0.6 is 11.3 Å². The van der Waals surface area contributed by atoms with E-state index >= 15 is 0 Å². The predicted molar refractivity (Wildman–Crippen MR) is 84.4 cm³/mol. The number of hydrogen-bond acceptors (Lipinski definition) is 5. The number of esters is 1. The van der Waals surface area contributed by atoms with Crippen LogP contribution in [0.5, 0.6) is 0 Å². The minimum absolute atomic E-state index is 0.177. The highest BCUT2D eigenvalue weighted by atomic mass is 32.1. The first-order valence-electron chi connectivity index (χ1n) is 7.40. The molecule has 1 rings (SSSR count). The fraction of sp³-hybridized carbons (Fsp3) is 0.733. The van der Waals surface area contributed by atoms with Crippen LogP contribution in [0.15, 0.2) is 5.38 Å². The molecule has 0 aliphatic carbocycles. The Hall–Kier alpha value is -1.10. The fourth-order valence-electron chi connectivity index (χ4n) is 2.09. The molecule has 0 aliphatic heterocycles. The van der Waals surface area contributed by atoms with E-state index in [0.29, 0.717) is 12.8 Å². The summed E-state index contributed by atoms with van der Waals surface area (Å²) in [6.07, 6.45) is 3.46. The Balaban J connectivity index is 2.60. The van der Waals surface area contributed by atoms with Gasteiger partial charge in [-0.2, -0.15) is 0 Å². The number of methoxy groups -OCH3 is 1. The molecule has 0 bridgehead atoms. The maximum atomic E-state index is 11.1. The highest BCUT2D eigenvalue weighted by Crippen LogP contribution is 2.23. The highest BCUT2D eigenvalue weighted by Gasteiger charge is 2.14. The van der Waals surface area contributed by atoms with Gasteiger partial charge in [0.2, 0.25) is 0 Å². The van der Waals surface area contributed by atoms with Crippen LogP contribution in [-0.2, 0) is 16.0 Å². The second-order valence-corrected chi connectivity index (χ2v) is 5.76. The molecule has 1 aromatic heterocycles. The summed E-state index contributed by atoms with van der Waals surface area (Å²) in [7, 11) is 1.42. The van der Waals surface area contributed by atoms with E-state index < -0.39 is 0 Å². The van der Waals surface area contributed by atoms with E-state index in [1.165, 1.54) is 20.0 Å². The van der Waals surface area contributed by atoms with Crippen LogP contribution in [-0.4, -0.2) is 31.2 Å². The summed E-state index contributed by atoms with van der Waals surface area (Å²) in [4.78, 5) is 18.1. The monoisotopic (exact) mass is 298 g/mol. The first kappa shape index (κ1) is 17.0. The minimum Gasteiger partial charge on any atom is -0.469 e. The van der Waals surface area contributed by atoms with Crippen LogP contribution in [0.25, 0.3) is 0 Å². The van der Waals surface area contributed by atoms with Crippen molar-refractivity contribution in [2.24, 2.45) is 5.92 Å². The third kappa shape index (κ3) is 5.12. The number of carbonyl (C=O) groups excluding carboxylic acids is 1. The van der Waals surface area contributed by atoms with Crippen LogP contribution in [0.3, 0.4) is 0 Å². The zero-order valence-corrected chi connectivity index (χ0v) is 13.8. The molecule has 0 radical (unpaired) electrons. The maximum Gasteiger partial charge on any atom is 0.305 e. The molecule has 114 valence electrons. The number of carbonyl (C=O) groups is 1. The lowest BCUT2D eigenvalue weighted by molar-refractivity contribution is -0.140. The van der Waals surface area contributed by atoms with Gasteiger partial charge in [0.1, 0.15) is 0 Å². The molecule has 5 heteroatoms. The van der Waals surface area contributed by atoms with Crippen molar-refractivity contribution >= 4 is 22.4 Å². The maximum absolute atomic E-state index is 11.1. The molecule has 0 aromatic carbocycles. The summed E-state index contributed by atoms with van der Waals surface area (Å²) < 4.78 is 4.66. The van der Waals surface area contributed by atoms with Crippen molar-refractivity contribution in [3.8, 4) is 0 Å². The molecule has 4 nitrogen and oxygen atoms in total. The molecule has 0 amide bonds. The Labute approximate surface area is 126 Å². The zero-order valence-electron chi connectivity index (χ0n) is 13.0. The third-order valence-corrected chi connectivity index (χ3v) is 4.59. The average Bonchev–Trinajstić information content (AvgIpc) is 2.95. The molecule has 0 fully saturated rings. The standard InChI is InChI=1S/C15H26N2O2S/c1-5-12(6-2)10-17(7-3)15-16-13(11-20-15)8-9-14(18)19-4/h11-12H,5-10H2,1-4H3. The lowest BCUT2D eigenvalue weighted by Crippen LogP contribution is -2.28. The number of hydrogen-bond donors (Lipinski definition) is 0. The number of rotatable bonds is 9. The molecule has 0 saturated carbocycles. The largest absolute Gasteiger partial charge is 0.469 e. The summed E-state index contributed by atoms with van der Waals surface area (Å²) in [6, 6.07) is 0. The molecule has 1 aromatic rings. The Morgan fingerprint density at radius 2 is 2.10 bits per heavy atom. The van der Waals surface area contributed by atoms with Crippen molar-refractivity contribution in [2.45, 2.75) is 46.5 Å². The van der Waals surface area contributed by atoms with Gasteiger partial charge < -0.3 is 9.64 Å². The molecular weight excluding hydrogens is 272 g/mol. The van der Waals surface area contributed by atoms with E-state index in [1.54, 1.807) is 11.3 Å². The Morgan fingerprint density at radius 1 is 1.40 bits per heavy atom. The first-order chi connectivity index (χ1) is 9.64. The van der Waals surface area contributed by atoms with Crippen molar-refractivity contribution in [1.29, 1.82) is 0 Å². The topological polar surface area (TPSA) is 42.4 Å². The quantitative estimate of drug-likeness (QED) is 0.654. The summed E-state index contributed by atoms with van der Waals surface area (Å²) in [6.45, 7) is 8.68. The van der Waals surface area contributed by atoms with Gasteiger partial charge >= 0.3 is 5.97 Å². The molecule has 0 N–H and O–H groups in total. The van der Waals surface area contributed by atoms with Gasteiger partial charge in [0.05, 0.1) is 19.2 Å². The van der Waals surface area contributed by atoms with Gasteiger partial charge in [-0.15, -0.1) is 11.3 Å². The smallest absolute Gasteiger partial charge is 0.305 e. The number of ether oxygens (including phenoxy) is 1. The van der Waals surface area contributed by atoms with E-state index in [4.69, 9.17) is 0 Å². The molecule has 0 unspecified atom stereocenters. The van der Waals surface area contributed by atoms with E-state index in [-0.39, 0.29) is 5.97 Å². The van der Waals surface area contributed by atoms with Crippen molar-refractivity contribution in [3.63, 3.8) is 0 Å². The Bertz CT molecular complexity index is 402. The van der Waals surface area contributed by atoms with Gasteiger partial charge in [0, 0.05) is 24.9 Å². The van der Waals surface area contributed by atoms with Crippen LogP contribution < -0.4 is 4.90 Å². The van der Waals surface area contributed by atoms with Crippen LogP contribution in [0.2, 0.25) is 0 Å². The van der Waals surface area contributed by atoms with Crippen molar-refractivity contribution in [1.82, 2.24) is 4.98 Å². The number of aromatic nitrogens is 1. The third-order valence-electron chi connectivity index (χ3n) is 3.64. The van der Waals surface area contributed by atoms with Crippen LogP contribution in [0.1, 0.15) is 45.7 Å². The number of nitrogens with zero attached hydrogens (tertiary/aromatic N) is 2. The Morgan fingerprint density at radius 3 is 2.65 bits per heavy atom. The molecule has 0 spiro atoms. The van der Waals surface area contributed by atoms with Gasteiger partial charge in [0.25, 0.3) is 0 Å². The number of anilines is 1. The van der Waals surface area contributed by atoms with Gasteiger partial charge in [0.15, 0.2) is 5.13 Å². The minimum atomic E-state index is -0.177. The number of aryl methyl sites for hydroxylation is 1. The Kier molecular flexibility index (Phi) is 7.59. The molecular formula is C15H26N2O2S. The van der Waals surface area contributed by atoms with Gasteiger partial charge in [-0.05, 0) is 12.8 Å². The second kappa shape index (κ2) is 8.95. The van der Waals surface area contributed by atoms with Gasteiger partial charge in [-0.25, -0.2) is 4.98 Å². The summed E-state index contributed by atoms with van der Waals surface area (Å²) in [5.74, 6) is 0.543. The normalized spacial score (nSPS) is 10.8. The molecule has 1 heterocycles. The van der Waals surface area contributed by atoms with Crippen LogP contribution in [0.4, 0.5) is 5.13 Å². The molecule has 0 saturated heterocycles. The molecule has 0 aliphatic rings. The van der Waals surface area contributed by atoms with Crippen molar-refractivity contribution in [3.05, 3.63) is 11.1 Å². The zero-order chi connectivity index (χ0) is 15.0. The van der Waals surface area contributed by atoms with E-state index in [0.717, 1.165) is 29.8 Å². The van der Waals surface area contributed by atoms with Gasteiger partial charge in [-0.1, -0.05) is 26.7 Å².